The lowest BCUT2D eigenvalue weighted by Crippen LogP contribution is -2.54. The van der Waals surface area contributed by atoms with E-state index in [-0.39, 0.29) is 23.7 Å². The molecule has 0 aliphatic rings. The third kappa shape index (κ3) is 3.64. The molecule has 0 aliphatic carbocycles. The van der Waals surface area contributed by atoms with Crippen molar-refractivity contribution < 1.29 is 26.3 Å². The number of nitrogens with two attached hydrogens (primary N) is 2. The van der Waals surface area contributed by atoms with E-state index < -0.39 is 28.9 Å². The summed E-state index contributed by atoms with van der Waals surface area (Å²) in [7, 11) is 0. The van der Waals surface area contributed by atoms with E-state index >= 15 is 0 Å². The van der Waals surface area contributed by atoms with Crippen LogP contribution in [0.3, 0.4) is 0 Å². The third-order valence-corrected chi connectivity index (χ3v) is 3.54. The Hall–Kier alpha value is -2.46. The van der Waals surface area contributed by atoms with Gasteiger partial charge in [0.05, 0.1) is 0 Å². The van der Waals surface area contributed by atoms with Crippen molar-refractivity contribution in [1.29, 1.82) is 0 Å². The average Bonchev–Trinajstić information content (AvgIpc) is 2.40. The molecule has 10 N–H and O–H groups in total. The second-order valence-corrected chi connectivity index (χ2v) is 4.99. The van der Waals surface area contributed by atoms with Gasteiger partial charge in [-0.3, -0.25) is 0 Å². The third-order valence-electron chi connectivity index (χ3n) is 3.54. The van der Waals surface area contributed by atoms with Crippen molar-refractivity contribution in [3.05, 3.63) is 59.7 Å². The second kappa shape index (κ2) is 7.19. The monoisotopic (exact) mass is 368 g/mol. The normalized spacial score (nSPS) is 12.1. The van der Waals surface area contributed by atoms with Crippen molar-refractivity contribution in [2.24, 2.45) is 0 Å². The lowest BCUT2D eigenvalue weighted by molar-refractivity contribution is -0.288. The minimum absolute atomic E-state index is 0. The van der Waals surface area contributed by atoms with Crippen LogP contribution in [-0.2, 0) is 5.41 Å². The molecule has 0 aromatic heterocycles. The molecule has 4 nitrogen and oxygen atoms in total. The Kier molecular flexibility index (Phi) is 6.49. The SMILES string of the molecule is N.N.Nc1ccc(C(c2ccc(N)cc2)(C(F)(F)F)C(F)(F)F)cc1. The van der Waals surface area contributed by atoms with Crippen molar-refractivity contribution in [1.82, 2.24) is 12.3 Å². The van der Waals surface area contributed by atoms with Gasteiger partial charge in [0.15, 0.2) is 0 Å². The highest BCUT2D eigenvalue weighted by molar-refractivity contribution is 5.51. The number of anilines is 2. The first-order valence-corrected chi connectivity index (χ1v) is 6.35. The standard InChI is InChI=1S/C15H12F6N2.2H3N/c16-14(17,18)13(15(19,20)21,9-1-5-11(22)6-2-9)10-3-7-12(23)8-4-10;;/h1-8H,22-23H2;2*1H3. The molecule has 0 saturated carbocycles. The van der Waals surface area contributed by atoms with Crippen LogP contribution in [-0.4, -0.2) is 12.4 Å². The Labute approximate surface area is 140 Å². The van der Waals surface area contributed by atoms with Gasteiger partial charge in [-0.2, -0.15) is 26.3 Å². The fraction of sp³-hybridized carbons (Fsp3) is 0.200. The predicted molar refractivity (Wildman–Crippen MR) is 84.6 cm³/mol. The maximum absolute atomic E-state index is 13.7. The molecule has 0 saturated heterocycles. The van der Waals surface area contributed by atoms with Gasteiger partial charge >= 0.3 is 12.4 Å². The van der Waals surface area contributed by atoms with Crippen LogP contribution in [0.15, 0.2) is 48.5 Å². The topological polar surface area (TPSA) is 122 Å². The Bertz CT molecular complexity index is 616. The lowest BCUT2D eigenvalue weighted by Gasteiger charge is -2.38. The number of alkyl halides is 6. The number of benzene rings is 2. The molecule has 0 bridgehead atoms. The fourth-order valence-corrected chi connectivity index (χ4v) is 2.45. The molecule has 10 heteroatoms. The van der Waals surface area contributed by atoms with Crippen LogP contribution in [0, 0.1) is 0 Å². The Morgan fingerprint density at radius 3 is 0.960 bits per heavy atom. The summed E-state index contributed by atoms with van der Waals surface area (Å²) in [6, 6.07) is 6.91. The Morgan fingerprint density at radius 1 is 0.520 bits per heavy atom. The molecular formula is C15H18F6N4. The minimum Gasteiger partial charge on any atom is -0.399 e. The van der Waals surface area contributed by atoms with E-state index in [0.29, 0.717) is 0 Å². The van der Waals surface area contributed by atoms with Gasteiger partial charge in [-0.05, 0) is 35.4 Å². The van der Waals surface area contributed by atoms with Gasteiger partial charge in [0.25, 0.3) is 0 Å². The van der Waals surface area contributed by atoms with Crippen molar-refractivity contribution in [3.63, 3.8) is 0 Å². The van der Waals surface area contributed by atoms with Gasteiger partial charge in [-0.15, -0.1) is 0 Å². The molecule has 2 aromatic rings. The summed E-state index contributed by atoms with van der Waals surface area (Å²) < 4.78 is 82.0. The van der Waals surface area contributed by atoms with E-state index in [1.54, 1.807) is 0 Å². The van der Waals surface area contributed by atoms with Crippen LogP contribution in [0.4, 0.5) is 37.7 Å². The summed E-state index contributed by atoms with van der Waals surface area (Å²) in [5, 5.41) is 0. The highest BCUT2D eigenvalue weighted by atomic mass is 19.4. The second-order valence-electron chi connectivity index (χ2n) is 4.99. The molecule has 25 heavy (non-hydrogen) atoms. The fourth-order valence-electron chi connectivity index (χ4n) is 2.45. The number of halogens is 6. The molecule has 0 radical (unpaired) electrons. The first-order valence-electron chi connectivity index (χ1n) is 6.35. The Balaban J connectivity index is 0.00000288. The van der Waals surface area contributed by atoms with Gasteiger partial charge in [0.2, 0.25) is 5.41 Å². The summed E-state index contributed by atoms with van der Waals surface area (Å²) in [6.45, 7) is 0. The predicted octanol–water partition coefficient (Wildman–Crippen LogP) is 4.59. The highest BCUT2D eigenvalue weighted by Crippen LogP contribution is 2.56. The highest BCUT2D eigenvalue weighted by Gasteiger charge is 2.72. The van der Waals surface area contributed by atoms with E-state index in [9.17, 15) is 26.3 Å². The van der Waals surface area contributed by atoms with Crippen LogP contribution in [0.2, 0.25) is 0 Å². The van der Waals surface area contributed by atoms with E-state index in [1.165, 1.54) is 0 Å². The molecule has 0 aliphatic heterocycles. The summed E-state index contributed by atoms with van der Waals surface area (Å²) in [6.07, 6.45) is -11.2. The smallest absolute Gasteiger partial charge is 0.399 e. The first kappa shape index (κ1) is 22.5. The summed E-state index contributed by atoms with van der Waals surface area (Å²) in [5.74, 6) is 0. The molecule has 0 fully saturated rings. The van der Waals surface area contributed by atoms with Gasteiger partial charge in [0, 0.05) is 11.4 Å². The van der Waals surface area contributed by atoms with E-state index in [2.05, 4.69) is 0 Å². The molecular weight excluding hydrogens is 350 g/mol. The number of hydrogen-bond donors (Lipinski definition) is 4. The van der Waals surface area contributed by atoms with Gasteiger partial charge in [0.1, 0.15) is 0 Å². The summed E-state index contributed by atoms with van der Waals surface area (Å²) in [5.41, 5.74) is 4.77. The van der Waals surface area contributed by atoms with Crippen LogP contribution in [0.1, 0.15) is 11.1 Å². The Morgan fingerprint density at radius 2 is 0.760 bits per heavy atom. The maximum atomic E-state index is 13.7. The van der Waals surface area contributed by atoms with Crippen molar-refractivity contribution in [2.75, 3.05) is 11.5 Å². The van der Waals surface area contributed by atoms with Crippen molar-refractivity contribution >= 4 is 11.4 Å². The van der Waals surface area contributed by atoms with Crippen LogP contribution in [0.5, 0.6) is 0 Å². The number of rotatable bonds is 2. The number of nitrogen functional groups attached to an aromatic ring is 2. The molecule has 0 unspecified atom stereocenters. The summed E-state index contributed by atoms with van der Waals surface area (Å²) >= 11 is 0. The molecule has 2 rings (SSSR count). The van der Waals surface area contributed by atoms with E-state index in [1.807, 2.05) is 0 Å². The molecule has 0 heterocycles. The first-order chi connectivity index (χ1) is 10.5. The lowest BCUT2D eigenvalue weighted by atomic mass is 9.73. The quantitative estimate of drug-likeness (QED) is 0.457. The largest absolute Gasteiger partial charge is 0.411 e. The van der Waals surface area contributed by atoms with Crippen LogP contribution in [0.25, 0.3) is 0 Å². The minimum atomic E-state index is -5.61. The van der Waals surface area contributed by atoms with Crippen LogP contribution >= 0.6 is 0 Å². The molecule has 0 atom stereocenters. The molecule has 2 aromatic carbocycles. The maximum Gasteiger partial charge on any atom is 0.411 e. The zero-order chi connectivity index (χ0) is 17.5. The molecule has 140 valence electrons. The molecule has 0 spiro atoms. The van der Waals surface area contributed by atoms with Crippen LogP contribution < -0.4 is 23.8 Å². The average molecular weight is 368 g/mol. The zero-order valence-corrected chi connectivity index (χ0v) is 13.0. The van der Waals surface area contributed by atoms with E-state index in [0.717, 1.165) is 48.5 Å². The number of hydrogen-bond acceptors (Lipinski definition) is 4. The van der Waals surface area contributed by atoms with Gasteiger partial charge in [-0.1, -0.05) is 24.3 Å². The van der Waals surface area contributed by atoms with Gasteiger partial charge < -0.3 is 23.8 Å². The van der Waals surface area contributed by atoms with Crippen molar-refractivity contribution in [2.45, 2.75) is 17.8 Å². The summed E-state index contributed by atoms with van der Waals surface area (Å²) in [4.78, 5) is 0. The van der Waals surface area contributed by atoms with Gasteiger partial charge in [-0.25, -0.2) is 0 Å². The molecule has 0 amide bonds. The zero-order valence-electron chi connectivity index (χ0n) is 13.0. The van der Waals surface area contributed by atoms with Crippen molar-refractivity contribution in [3.8, 4) is 0 Å². The van der Waals surface area contributed by atoms with E-state index in [4.69, 9.17) is 11.5 Å².